The summed E-state index contributed by atoms with van der Waals surface area (Å²) in [5, 5.41) is 37.1. The molecule has 10 rings (SSSR count). The number of nitrogens with zero attached hydrogens (tertiary/aromatic N) is 9. The Balaban J connectivity index is 1.52. The van der Waals surface area contributed by atoms with E-state index in [0.29, 0.717) is 17.1 Å². The Labute approximate surface area is 308 Å². The summed E-state index contributed by atoms with van der Waals surface area (Å²) in [6.45, 7) is 6.09. The molecule has 0 radical (unpaired) electrons. The van der Waals surface area contributed by atoms with Crippen LogP contribution in [0.4, 0.5) is 0 Å². The van der Waals surface area contributed by atoms with Crippen LogP contribution in [0.5, 0.6) is 0 Å². The van der Waals surface area contributed by atoms with Gasteiger partial charge < -0.3 is 13.7 Å². The summed E-state index contributed by atoms with van der Waals surface area (Å²) < 4.78 is 5.90. The van der Waals surface area contributed by atoms with Crippen molar-refractivity contribution in [2.75, 3.05) is 0 Å². The molecule has 0 saturated carbocycles. The first kappa shape index (κ1) is 31.0. The highest BCUT2D eigenvalue weighted by Gasteiger charge is 2.32. The SMILES string of the molecule is Cc1ccc2c(c1)c1ncccc1n2-c1c(C#N)c(-n2c3ccc(C)cc3c3ncccc32)c(C#N)c(-n2c3ccc(C)cc3c3ncccc32)c1C#N. The van der Waals surface area contributed by atoms with Crippen molar-refractivity contribution in [3.63, 3.8) is 0 Å². The smallest absolute Gasteiger partial charge is 0.104 e. The van der Waals surface area contributed by atoms with Gasteiger partial charge in [0.1, 0.15) is 34.9 Å². The number of fused-ring (bicyclic) bond motifs is 9. The van der Waals surface area contributed by atoms with Gasteiger partial charge in [0, 0.05) is 34.7 Å². The second-order valence-corrected chi connectivity index (χ2v) is 13.7. The van der Waals surface area contributed by atoms with Gasteiger partial charge in [0.25, 0.3) is 0 Å². The molecule has 9 heteroatoms. The van der Waals surface area contributed by atoms with Crippen molar-refractivity contribution in [3.05, 3.63) is 143 Å². The molecule has 6 aromatic heterocycles. The Morgan fingerprint density at radius 1 is 0.407 bits per heavy atom. The first-order valence-corrected chi connectivity index (χ1v) is 17.5. The summed E-state index contributed by atoms with van der Waals surface area (Å²) in [5.41, 5.74) is 11.5. The van der Waals surface area contributed by atoms with Gasteiger partial charge in [0.2, 0.25) is 0 Å². The highest BCUT2D eigenvalue weighted by Crippen LogP contribution is 2.44. The van der Waals surface area contributed by atoms with Gasteiger partial charge in [0.15, 0.2) is 0 Å². The topological polar surface area (TPSA) is 125 Å². The van der Waals surface area contributed by atoms with E-state index < -0.39 is 0 Å². The molecule has 9 nitrogen and oxygen atoms in total. The summed E-state index contributed by atoms with van der Waals surface area (Å²) in [5.74, 6) is 0. The molecule has 0 unspecified atom stereocenters. The van der Waals surface area contributed by atoms with Crippen LogP contribution in [0.3, 0.4) is 0 Å². The minimum absolute atomic E-state index is 0.174. The lowest BCUT2D eigenvalue weighted by molar-refractivity contribution is 1.06. The van der Waals surface area contributed by atoms with E-state index in [4.69, 9.17) is 15.0 Å². The van der Waals surface area contributed by atoms with Crippen molar-refractivity contribution < 1.29 is 0 Å². The number of pyridine rings is 3. The quantitative estimate of drug-likeness (QED) is 0.181. The van der Waals surface area contributed by atoms with Crippen LogP contribution in [0.1, 0.15) is 33.4 Å². The predicted molar refractivity (Wildman–Crippen MR) is 211 cm³/mol. The van der Waals surface area contributed by atoms with Gasteiger partial charge in [-0.05, 0) is 93.6 Å². The molecule has 0 aliphatic rings. The van der Waals surface area contributed by atoms with Gasteiger partial charge in [-0.25, -0.2) is 0 Å². The number of aromatic nitrogens is 6. The summed E-state index contributed by atoms with van der Waals surface area (Å²) in [4.78, 5) is 14.4. The molecule has 0 bridgehead atoms. The molecule has 0 aliphatic heterocycles. The van der Waals surface area contributed by atoms with Crippen LogP contribution in [0.25, 0.3) is 82.9 Å². The average molecular weight is 694 g/mol. The molecular weight excluding hydrogens is 667 g/mol. The third-order valence-electron chi connectivity index (χ3n) is 10.5. The molecule has 0 aliphatic carbocycles. The summed E-state index contributed by atoms with van der Waals surface area (Å²) >= 11 is 0. The fourth-order valence-electron chi connectivity index (χ4n) is 8.27. The van der Waals surface area contributed by atoms with E-state index in [0.717, 1.165) is 82.5 Å². The molecule has 54 heavy (non-hydrogen) atoms. The van der Waals surface area contributed by atoms with Gasteiger partial charge in [0.05, 0.1) is 66.7 Å². The number of nitriles is 3. The molecule has 0 spiro atoms. The molecule has 0 amide bonds. The Morgan fingerprint density at radius 3 is 0.981 bits per heavy atom. The minimum atomic E-state index is 0.174. The van der Waals surface area contributed by atoms with Crippen molar-refractivity contribution in [2.24, 2.45) is 0 Å². The van der Waals surface area contributed by atoms with Crippen LogP contribution in [-0.4, -0.2) is 28.7 Å². The van der Waals surface area contributed by atoms with E-state index in [-0.39, 0.29) is 16.7 Å². The molecule has 4 aromatic carbocycles. The number of hydrogen-bond acceptors (Lipinski definition) is 6. The Bertz CT molecular complexity index is 3030. The summed E-state index contributed by atoms with van der Waals surface area (Å²) in [7, 11) is 0. The minimum Gasteiger partial charge on any atom is -0.305 e. The normalized spacial score (nSPS) is 11.6. The van der Waals surface area contributed by atoms with Crippen molar-refractivity contribution in [1.82, 2.24) is 28.7 Å². The van der Waals surface area contributed by atoms with E-state index in [1.54, 1.807) is 18.6 Å². The second kappa shape index (κ2) is 11.4. The third kappa shape index (κ3) is 4.08. The average Bonchev–Trinajstić information content (AvgIpc) is 3.81. The molecule has 6 heterocycles. The second-order valence-electron chi connectivity index (χ2n) is 13.7. The van der Waals surface area contributed by atoms with Crippen molar-refractivity contribution >= 4 is 65.8 Å². The largest absolute Gasteiger partial charge is 0.305 e. The van der Waals surface area contributed by atoms with Crippen LogP contribution in [0.15, 0.2) is 110 Å². The maximum atomic E-state index is 11.5. The maximum absolute atomic E-state index is 11.5. The van der Waals surface area contributed by atoms with Crippen molar-refractivity contribution in [3.8, 4) is 35.3 Å². The van der Waals surface area contributed by atoms with E-state index >= 15 is 0 Å². The first-order valence-electron chi connectivity index (χ1n) is 17.5. The van der Waals surface area contributed by atoms with E-state index in [1.807, 2.05) is 107 Å². The fraction of sp³-hybridized carbons (Fsp3) is 0.0667. The summed E-state index contributed by atoms with van der Waals surface area (Å²) in [6, 6.07) is 37.3. The van der Waals surface area contributed by atoms with E-state index in [1.165, 1.54) is 0 Å². The zero-order chi connectivity index (χ0) is 36.8. The lowest BCUT2D eigenvalue weighted by atomic mass is 9.96. The van der Waals surface area contributed by atoms with Gasteiger partial charge in [-0.15, -0.1) is 0 Å². The van der Waals surface area contributed by atoms with Crippen LogP contribution in [-0.2, 0) is 0 Å². The molecule has 252 valence electrons. The van der Waals surface area contributed by atoms with Gasteiger partial charge >= 0.3 is 0 Å². The van der Waals surface area contributed by atoms with Crippen LogP contribution < -0.4 is 0 Å². The Kier molecular flexibility index (Phi) is 6.51. The lowest BCUT2D eigenvalue weighted by Gasteiger charge is -2.23. The number of hydrogen-bond donors (Lipinski definition) is 0. The van der Waals surface area contributed by atoms with E-state index in [2.05, 4.69) is 36.4 Å². The summed E-state index contributed by atoms with van der Waals surface area (Å²) in [6.07, 6.45) is 5.25. The number of rotatable bonds is 3. The predicted octanol–water partition coefficient (Wildman–Crippen LogP) is 9.70. The zero-order valence-electron chi connectivity index (χ0n) is 29.4. The van der Waals surface area contributed by atoms with Crippen LogP contribution in [0, 0.1) is 54.8 Å². The molecule has 0 N–H and O–H groups in total. The Hall–Kier alpha value is -7.80. The first-order chi connectivity index (χ1) is 26.4. The molecule has 0 fully saturated rings. The maximum Gasteiger partial charge on any atom is 0.104 e. The van der Waals surface area contributed by atoms with Crippen molar-refractivity contribution in [2.45, 2.75) is 20.8 Å². The Morgan fingerprint density at radius 2 is 0.704 bits per heavy atom. The standard InChI is InChI=1S/C45H27N9/c1-25-10-13-34-28(19-25)40-37(7-4-16-49-40)52(34)43-31(22-46)44(53-35-14-11-26(2)20-29(35)41-38(53)8-5-17-50-41)33(24-48)45(32(43)23-47)54-36-15-12-27(3)21-30(36)42-39(54)9-6-18-51-42/h4-21H,1-3H3. The fourth-order valence-corrected chi connectivity index (χ4v) is 8.27. The van der Waals surface area contributed by atoms with Gasteiger partial charge in [-0.1, -0.05) is 34.9 Å². The molecule has 0 saturated heterocycles. The monoisotopic (exact) mass is 693 g/mol. The van der Waals surface area contributed by atoms with Gasteiger partial charge in [-0.2, -0.15) is 15.8 Å². The molecular formula is C45H27N9. The lowest BCUT2D eigenvalue weighted by Crippen LogP contribution is -2.14. The third-order valence-corrected chi connectivity index (χ3v) is 10.5. The van der Waals surface area contributed by atoms with Crippen LogP contribution in [0.2, 0.25) is 0 Å². The number of aryl methyl sites for hydroxylation is 3. The molecule has 0 atom stereocenters. The van der Waals surface area contributed by atoms with E-state index in [9.17, 15) is 15.8 Å². The van der Waals surface area contributed by atoms with Crippen molar-refractivity contribution in [1.29, 1.82) is 15.8 Å². The zero-order valence-corrected chi connectivity index (χ0v) is 29.4. The highest BCUT2D eigenvalue weighted by atomic mass is 15.1. The highest BCUT2D eigenvalue weighted by molar-refractivity contribution is 6.11. The number of benzene rings is 4. The van der Waals surface area contributed by atoms with Gasteiger partial charge in [-0.3, -0.25) is 15.0 Å². The molecule has 10 aromatic rings. The van der Waals surface area contributed by atoms with Crippen LogP contribution >= 0.6 is 0 Å².